The zero-order valence-electron chi connectivity index (χ0n) is 12.2. The van der Waals surface area contributed by atoms with Crippen LogP contribution in [0.25, 0.3) is 0 Å². The van der Waals surface area contributed by atoms with Crippen LogP contribution in [0.5, 0.6) is 0 Å². The van der Waals surface area contributed by atoms with Crippen molar-refractivity contribution in [2.45, 2.75) is 38.6 Å². The summed E-state index contributed by atoms with van der Waals surface area (Å²) in [6, 6.07) is 9.02. The van der Waals surface area contributed by atoms with Gasteiger partial charge in [-0.3, -0.25) is 4.68 Å². The van der Waals surface area contributed by atoms with Crippen molar-refractivity contribution in [3.05, 3.63) is 41.1 Å². The standard InChI is InChI=1S/C16H22N4/c1-3-13-15(17)16(20(2)19-13)18-14-10-6-8-11-7-4-5-9-12(11)14/h4-5,7,9,14,18H,3,6,8,10,17H2,1-2H3. The van der Waals surface area contributed by atoms with E-state index in [1.54, 1.807) is 0 Å². The van der Waals surface area contributed by atoms with Crippen molar-refractivity contribution in [3.8, 4) is 0 Å². The smallest absolute Gasteiger partial charge is 0.148 e. The van der Waals surface area contributed by atoms with E-state index in [1.807, 2.05) is 11.7 Å². The fourth-order valence-electron chi connectivity index (χ4n) is 3.10. The van der Waals surface area contributed by atoms with Gasteiger partial charge in [-0.15, -0.1) is 0 Å². The summed E-state index contributed by atoms with van der Waals surface area (Å²) in [5.74, 6) is 0.948. The van der Waals surface area contributed by atoms with Crippen molar-refractivity contribution >= 4 is 11.5 Å². The number of aryl methyl sites for hydroxylation is 3. The SMILES string of the molecule is CCc1nn(C)c(NC2CCCc3ccccc32)c1N. The summed E-state index contributed by atoms with van der Waals surface area (Å²) in [5.41, 5.74) is 10.8. The first-order chi connectivity index (χ1) is 9.70. The molecular formula is C16H22N4. The van der Waals surface area contributed by atoms with E-state index < -0.39 is 0 Å². The third-order valence-electron chi connectivity index (χ3n) is 4.18. The minimum atomic E-state index is 0.336. The molecule has 0 fully saturated rings. The fourth-order valence-corrected chi connectivity index (χ4v) is 3.10. The Hall–Kier alpha value is -1.97. The van der Waals surface area contributed by atoms with Gasteiger partial charge in [0.25, 0.3) is 0 Å². The van der Waals surface area contributed by atoms with E-state index in [9.17, 15) is 0 Å². The molecule has 1 heterocycles. The summed E-state index contributed by atoms with van der Waals surface area (Å²) in [7, 11) is 1.95. The van der Waals surface area contributed by atoms with Gasteiger partial charge in [0.05, 0.1) is 17.4 Å². The number of anilines is 2. The quantitative estimate of drug-likeness (QED) is 0.901. The Morgan fingerprint density at radius 1 is 1.40 bits per heavy atom. The van der Waals surface area contributed by atoms with Gasteiger partial charge in [-0.1, -0.05) is 31.2 Å². The molecule has 0 saturated carbocycles. The maximum Gasteiger partial charge on any atom is 0.148 e. The lowest BCUT2D eigenvalue weighted by atomic mass is 9.88. The van der Waals surface area contributed by atoms with Crippen LogP contribution in [0, 0.1) is 0 Å². The van der Waals surface area contributed by atoms with Crippen LogP contribution in [-0.4, -0.2) is 9.78 Å². The Labute approximate surface area is 120 Å². The number of aromatic nitrogens is 2. The van der Waals surface area contributed by atoms with Crippen molar-refractivity contribution in [2.24, 2.45) is 7.05 Å². The first kappa shape index (κ1) is 13.0. The number of nitrogens with two attached hydrogens (primary N) is 1. The second-order valence-electron chi connectivity index (χ2n) is 5.47. The molecule has 20 heavy (non-hydrogen) atoms. The molecule has 1 aliphatic rings. The number of hydrogen-bond acceptors (Lipinski definition) is 3. The van der Waals surface area contributed by atoms with Crippen molar-refractivity contribution in [1.29, 1.82) is 0 Å². The molecule has 4 heteroatoms. The maximum absolute atomic E-state index is 6.21. The molecule has 0 bridgehead atoms. The van der Waals surface area contributed by atoms with Gasteiger partial charge >= 0.3 is 0 Å². The van der Waals surface area contributed by atoms with Crippen molar-refractivity contribution < 1.29 is 0 Å². The van der Waals surface area contributed by atoms with Gasteiger partial charge in [-0.25, -0.2) is 0 Å². The average Bonchev–Trinajstić information content (AvgIpc) is 2.75. The Morgan fingerprint density at radius 2 is 2.20 bits per heavy atom. The summed E-state index contributed by atoms with van der Waals surface area (Å²) in [4.78, 5) is 0. The second kappa shape index (κ2) is 5.19. The van der Waals surface area contributed by atoms with E-state index in [0.29, 0.717) is 6.04 Å². The number of nitrogens with one attached hydrogen (secondary N) is 1. The molecule has 1 aromatic heterocycles. The molecule has 0 spiro atoms. The van der Waals surface area contributed by atoms with Crippen LogP contribution in [0.15, 0.2) is 24.3 Å². The highest BCUT2D eigenvalue weighted by atomic mass is 15.3. The summed E-state index contributed by atoms with van der Waals surface area (Å²) in [6.45, 7) is 2.08. The van der Waals surface area contributed by atoms with Gasteiger partial charge < -0.3 is 11.1 Å². The topological polar surface area (TPSA) is 55.9 Å². The monoisotopic (exact) mass is 270 g/mol. The predicted molar refractivity (Wildman–Crippen MR) is 82.7 cm³/mol. The highest BCUT2D eigenvalue weighted by Crippen LogP contribution is 2.34. The molecule has 1 unspecified atom stereocenters. The minimum Gasteiger partial charge on any atom is -0.394 e. The maximum atomic E-state index is 6.21. The first-order valence-electron chi connectivity index (χ1n) is 7.36. The number of rotatable bonds is 3. The van der Waals surface area contributed by atoms with Crippen LogP contribution in [-0.2, 0) is 19.9 Å². The summed E-state index contributed by atoms with van der Waals surface area (Å²) in [6.07, 6.45) is 4.40. The number of hydrogen-bond donors (Lipinski definition) is 2. The molecule has 4 nitrogen and oxygen atoms in total. The zero-order valence-corrected chi connectivity index (χ0v) is 12.2. The Bertz CT molecular complexity index is 615. The van der Waals surface area contributed by atoms with E-state index in [0.717, 1.165) is 30.0 Å². The molecule has 0 aliphatic heterocycles. The lowest BCUT2D eigenvalue weighted by molar-refractivity contribution is 0.592. The lowest BCUT2D eigenvalue weighted by Crippen LogP contribution is -2.19. The van der Waals surface area contributed by atoms with Crippen LogP contribution < -0.4 is 11.1 Å². The molecule has 0 radical (unpaired) electrons. The van der Waals surface area contributed by atoms with Crippen LogP contribution >= 0.6 is 0 Å². The normalized spacial score (nSPS) is 17.8. The fraction of sp³-hybridized carbons (Fsp3) is 0.438. The molecule has 0 amide bonds. The third kappa shape index (κ3) is 2.15. The van der Waals surface area contributed by atoms with Crippen molar-refractivity contribution in [1.82, 2.24) is 9.78 Å². The van der Waals surface area contributed by atoms with E-state index in [1.165, 1.54) is 24.0 Å². The molecule has 1 atom stereocenters. The zero-order chi connectivity index (χ0) is 14.1. The van der Waals surface area contributed by atoms with Gasteiger partial charge in [0, 0.05) is 7.05 Å². The van der Waals surface area contributed by atoms with E-state index in [4.69, 9.17) is 5.73 Å². The molecule has 3 rings (SSSR count). The van der Waals surface area contributed by atoms with E-state index in [-0.39, 0.29) is 0 Å². The Kier molecular flexibility index (Phi) is 3.38. The van der Waals surface area contributed by atoms with Crippen LogP contribution in [0.2, 0.25) is 0 Å². The van der Waals surface area contributed by atoms with Gasteiger partial charge in [-0.05, 0) is 36.8 Å². The molecular weight excluding hydrogens is 248 g/mol. The van der Waals surface area contributed by atoms with Gasteiger partial charge in [0.1, 0.15) is 5.82 Å². The summed E-state index contributed by atoms with van der Waals surface area (Å²) < 4.78 is 1.87. The largest absolute Gasteiger partial charge is 0.394 e. The van der Waals surface area contributed by atoms with Crippen LogP contribution in [0.3, 0.4) is 0 Å². The van der Waals surface area contributed by atoms with Crippen LogP contribution in [0.4, 0.5) is 11.5 Å². The number of benzene rings is 1. The lowest BCUT2D eigenvalue weighted by Gasteiger charge is -2.27. The first-order valence-corrected chi connectivity index (χ1v) is 7.36. The summed E-state index contributed by atoms with van der Waals surface area (Å²) in [5, 5.41) is 8.08. The van der Waals surface area contributed by atoms with Crippen molar-refractivity contribution in [2.75, 3.05) is 11.1 Å². The molecule has 1 aliphatic carbocycles. The summed E-state index contributed by atoms with van der Waals surface area (Å²) >= 11 is 0. The number of nitrogen functional groups attached to an aromatic ring is 1. The Morgan fingerprint density at radius 3 is 2.95 bits per heavy atom. The average molecular weight is 270 g/mol. The molecule has 1 aromatic carbocycles. The molecule has 106 valence electrons. The number of nitrogens with zero attached hydrogens (tertiary/aromatic N) is 2. The third-order valence-corrected chi connectivity index (χ3v) is 4.18. The second-order valence-corrected chi connectivity index (χ2v) is 5.47. The van der Waals surface area contributed by atoms with Gasteiger partial charge in [0.15, 0.2) is 0 Å². The molecule has 3 N–H and O–H groups in total. The van der Waals surface area contributed by atoms with E-state index in [2.05, 4.69) is 41.6 Å². The highest BCUT2D eigenvalue weighted by molar-refractivity contribution is 5.66. The van der Waals surface area contributed by atoms with E-state index >= 15 is 0 Å². The number of fused-ring (bicyclic) bond motifs is 1. The van der Waals surface area contributed by atoms with Gasteiger partial charge in [-0.2, -0.15) is 5.10 Å². The molecule has 0 saturated heterocycles. The minimum absolute atomic E-state index is 0.336. The van der Waals surface area contributed by atoms with Crippen molar-refractivity contribution in [3.63, 3.8) is 0 Å². The molecule has 2 aromatic rings. The Balaban J connectivity index is 1.91. The van der Waals surface area contributed by atoms with Gasteiger partial charge in [0.2, 0.25) is 0 Å². The predicted octanol–water partition coefficient (Wildman–Crippen LogP) is 3.05. The van der Waals surface area contributed by atoms with Crippen LogP contribution in [0.1, 0.15) is 42.6 Å². The highest BCUT2D eigenvalue weighted by Gasteiger charge is 2.22.